The van der Waals surface area contributed by atoms with Gasteiger partial charge in [-0.15, -0.1) is 0 Å². The van der Waals surface area contributed by atoms with Crippen molar-refractivity contribution in [1.29, 1.82) is 10.5 Å². The van der Waals surface area contributed by atoms with Crippen molar-refractivity contribution in [3.05, 3.63) is 6.33 Å². The van der Waals surface area contributed by atoms with E-state index in [4.69, 9.17) is 16.3 Å². The molecular formula is C16H23N7. The van der Waals surface area contributed by atoms with Crippen molar-refractivity contribution in [1.82, 2.24) is 9.97 Å². The van der Waals surface area contributed by atoms with E-state index in [2.05, 4.69) is 33.9 Å². The zero-order chi connectivity index (χ0) is 16.7. The van der Waals surface area contributed by atoms with Crippen molar-refractivity contribution >= 4 is 17.3 Å². The quantitative estimate of drug-likeness (QED) is 0.855. The lowest BCUT2D eigenvalue weighted by molar-refractivity contribution is 0.437. The van der Waals surface area contributed by atoms with Crippen molar-refractivity contribution in [2.24, 2.45) is 5.92 Å². The Labute approximate surface area is 137 Å². The van der Waals surface area contributed by atoms with Crippen molar-refractivity contribution in [2.45, 2.75) is 32.6 Å². The molecule has 0 aromatic carbocycles. The van der Waals surface area contributed by atoms with E-state index < -0.39 is 0 Å². The van der Waals surface area contributed by atoms with Crippen LogP contribution in [0.25, 0.3) is 0 Å². The smallest absolute Gasteiger partial charge is 0.157 e. The predicted molar refractivity (Wildman–Crippen MR) is 89.7 cm³/mol. The SMILES string of the molecule is CC1CCN(c2ncnc(N(CCC#N)CCC#N)c2N)CC1. The van der Waals surface area contributed by atoms with Gasteiger partial charge in [-0.3, -0.25) is 0 Å². The molecule has 23 heavy (non-hydrogen) atoms. The highest BCUT2D eigenvalue weighted by Gasteiger charge is 2.22. The molecule has 0 bridgehead atoms. The summed E-state index contributed by atoms with van der Waals surface area (Å²) >= 11 is 0. The number of rotatable bonds is 6. The topological polar surface area (TPSA) is 106 Å². The average Bonchev–Trinajstić information content (AvgIpc) is 2.57. The average molecular weight is 313 g/mol. The lowest BCUT2D eigenvalue weighted by atomic mass is 9.99. The molecule has 2 rings (SSSR count). The molecule has 0 amide bonds. The van der Waals surface area contributed by atoms with Gasteiger partial charge in [-0.1, -0.05) is 6.92 Å². The summed E-state index contributed by atoms with van der Waals surface area (Å²) in [7, 11) is 0. The molecule has 1 aromatic heterocycles. The molecule has 1 saturated heterocycles. The molecule has 0 saturated carbocycles. The van der Waals surface area contributed by atoms with Crippen molar-refractivity contribution in [3.8, 4) is 12.1 Å². The minimum Gasteiger partial charge on any atom is -0.393 e. The third kappa shape index (κ3) is 4.23. The third-order valence-electron chi connectivity index (χ3n) is 4.21. The maximum absolute atomic E-state index is 8.83. The molecule has 0 aliphatic carbocycles. The molecule has 0 unspecified atom stereocenters. The molecule has 1 aliphatic rings. The van der Waals surface area contributed by atoms with Crippen LogP contribution in [0, 0.1) is 28.6 Å². The molecule has 7 heteroatoms. The minimum atomic E-state index is 0.367. The Bertz CT molecular complexity index is 575. The first kappa shape index (κ1) is 16.8. The van der Waals surface area contributed by atoms with Gasteiger partial charge in [-0.25, -0.2) is 9.97 Å². The fourth-order valence-corrected chi connectivity index (χ4v) is 2.80. The normalized spacial score (nSPS) is 15.0. The summed E-state index contributed by atoms with van der Waals surface area (Å²) in [6.45, 7) is 5.17. The van der Waals surface area contributed by atoms with Crippen molar-refractivity contribution < 1.29 is 0 Å². The molecular weight excluding hydrogens is 290 g/mol. The van der Waals surface area contributed by atoms with Crippen LogP contribution in [0.1, 0.15) is 32.6 Å². The van der Waals surface area contributed by atoms with Crippen LogP contribution in [0.2, 0.25) is 0 Å². The van der Waals surface area contributed by atoms with Gasteiger partial charge in [0.2, 0.25) is 0 Å². The fraction of sp³-hybridized carbons (Fsp3) is 0.625. The molecule has 1 aromatic rings. The molecule has 122 valence electrons. The number of nitrogens with zero attached hydrogens (tertiary/aromatic N) is 6. The maximum atomic E-state index is 8.83. The Kier molecular flexibility index (Phi) is 5.99. The van der Waals surface area contributed by atoms with Crippen LogP contribution in [-0.2, 0) is 0 Å². The van der Waals surface area contributed by atoms with Crippen molar-refractivity contribution in [3.63, 3.8) is 0 Å². The van der Waals surface area contributed by atoms with Gasteiger partial charge in [0.25, 0.3) is 0 Å². The second-order valence-electron chi connectivity index (χ2n) is 5.91. The Morgan fingerprint density at radius 3 is 2.39 bits per heavy atom. The Hall–Kier alpha value is -2.54. The van der Waals surface area contributed by atoms with Gasteiger partial charge in [0.15, 0.2) is 11.6 Å². The largest absolute Gasteiger partial charge is 0.393 e. The highest BCUT2D eigenvalue weighted by molar-refractivity contribution is 5.75. The van der Waals surface area contributed by atoms with E-state index in [1.165, 1.54) is 6.33 Å². The van der Waals surface area contributed by atoms with Crippen LogP contribution in [-0.4, -0.2) is 36.1 Å². The van der Waals surface area contributed by atoms with E-state index in [1.807, 2.05) is 4.90 Å². The summed E-state index contributed by atoms with van der Waals surface area (Å²) in [6, 6.07) is 4.25. The van der Waals surface area contributed by atoms with E-state index in [1.54, 1.807) is 0 Å². The molecule has 1 aliphatic heterocycles. The summed E-state index contributed by atoms with van der Waals surface area (Å²) in [4.78, 5) is 12.8. The summed E-state index contributed by atoms with van der Waals surface area (Å²) in [5.41, 5.74) is 6.86. The Morgan fingerprint density at radius 1 is 1.22 bits per heavy atom. The first-order valence-electron chi connectivity index (χ1n) is 8.01. The second kappa shape index (κ2) is 8.19. The summed E-state index contributed by atoms with van der Waals surface area (Å²) in [6.07, 6.45) is 4.51. The highest BCUT2D eigenvalue weighted by atomic mass is 15.3. The van der Waals surface area contributed by atoms with Crippen LogP contribution < -0.4 is 15.5 Å². The number of nitrogens with two attached hydrogens (primary N) is 1. The summed E-state index contributed by atoms with van der Waals surface area (Å²) in [5, 5.41) is 17.7. The highest BCUT2D eigenvalue weighted by Crippen LogP contribution is 2.31. The number of anilines is 3. The standard InChI is InChI=1S/C16H23N7/c1-13-4-10-23(11-5-13)16-14(19)15(20-12-21-16)22(8-2-6-17)9-3-7-18/h12-13H,2-5,8-11,19H2,1H3. The second-order valence-corrected chi connectivity index (χ2v) is 5.91. The Balaban J connectivity index is 2.22. The van der Waals surface area contributed by atoms with E-state index in [0.29, 0.717) is 37.4 Å². The van der Waals surface area contributed by atoms with E-state index in [-0.39, 0.29) is 0 Å². The van der Waals surface area contributed by atoms with E-state index >= 15 is 0 Å². The summed E-state index contributed by atoms with van der Waals surface area (Å²) < 4.78 is 0. The number of nitriles is 2. The van der Waals surface area contributed by atoms with Crippen LogP contribution in [0.15, 0.2) is 6.33 Å². The lowest BCUT2D eigenvalue weighted by Gasteiger charge is -2.33. The van der Waals surface area contributed by atoms with Gasteiger partial charge in [-0.05, 0) is 18.8 Å². The molecule has 1 fully saturated rings. The molecule has 2 N–H and O–H groups in total. The predicted octanol–water partition coefficient (Wildman–Crippen LogP) is 1.93. The van der Waals surface area contributed by atoms with E-state index in [0.717, 1.165) is 37.7 Å². The zero-order valence-electron chi connectivity index (χ0n) is 13.6. The monoisotopic (exact) mass is 313 g/mol. The minimum absolute atomic E-state index is 0.367. The van der Waals surface area contributed by atoms with Gasteiger partial charge in [-0.2, -0.15) is 10.5 Å². The Morgan fingerprint density at radius 2 is 1.83 bits per heavy atom. The number of piperidine rings is 1. The molecule has 2 heterocycles. The first-order chi connectivity index (χ1) is 11.2. The third-order valence-corrected chi connectivity index (χ3v) is 4.21. The van der Waals surface area contributed by atoms with Crippen LogP contribution in [0.4, 0.5) is 17.3 Å². The van der Waals surface area contributed by atoms with Crippen molar-refractivity contribution in [2.75, 3.05) is 41.7 Å². The van der Waals surface area contributed by atoms with Gasteiger partial charge in [0, 0.05) is 26.2 Å². The number of aromatic nitrogens is 2. The van der Waals surface area contributed by atoms with Crippen LogP contribution in [0.5, 0.6) is 0 Å². The maximum Gasteiger partial charge on any atom is 0.157 e. The molecule has 0 atom stereocenters. The zero-order valence-corrected chi connectivity index (χ0v) is 13.6. The molecule has 0 spiro atoms. The van der Waals surface area contributed by atoms with Crippen LogP contribution >= 0.6 is 0 Å². The van der Waals surface area contributed by atoms with E-state index in [9.17, 15) is 0 Å². The molecule has 7 nitrogen and oxygen atoms in total. The number of hydrogen-bond donors (Lipinski definition) is 1. The number of hydrogen-bond acceptors (Lipinski definition) is 7. The molecule has 0 radical (unpaired) electrons. The van der Waals surface area contributed by atoms with Gasteiger partial charge < -0.3 is 15.5 Å². The number of nitrogen functional groups attached to an aromatic ring is 1. The first-order valence-corrected chi connectivity index (χ1v) is 8.01. The fourth-order valence-electron chi connectivity index (χ4n) is 2.80. The van der Waals surface area contributed by atoms with Gasteiger partial charge in [0.1, 0.15) is 12.0 Å². The van der Waals surface area contributed by atoms with Gasteiger partial charge >= 0.3 is 0 Å². The lowest BCUT2D eigenvalue weighted by Crippen LogP contribution is -2.35. The van der Waals surface area contributed by atoms with Gasteiger partial charge in [0.05, 0.1) is 25.0 Å². The summed E-state index contributed by atoms with van der Waals surface area (Å²) in [5.74, 6) is 2.12. The van der Waals surface area contributed by atoms with Crippen LogP contribution in [0.3, 0.4) is 0 Å².